The molecule has 2 N–H and O–H groups in total. The Morgan fingerprint density at radius 2 is 2.23 bits per heavy atom. The van der Waals surface area contributed by atoms with Crippen molar-refractivity contribution in [3.63, 3.8) is 0 Å². The Kier molecular flexibility index (Phi) is 3.74. The van der Waals surface area contributed by atoms with E-state index < -0.39 is 0 Å². The number of hydrogen-bond donors (Lipinski definition) is 2. The maximum absolute atomic E-state index is 11.2. The normalized spacial score (nSPS) is 10.8. The van der Waals surface area contributed by atoms with Crippen LogP contribution in [-0.4, -0.2) is 32.5 Å². The van der Waals surface area contributed by atoms with Crippen molar-refractivity contribution in [2.75, 3.05) is 11.9 Å². The van der Waals surface area contributed by atoms with E-state index >= 15 is 0 Å². The first kappa shape index (κ1) is 14.1. The molecule has 0 aliphatic heterocycles. The number of hydrogen-bond acceptors (Lipinski definition) is 5. The third kappa shape index (κ3) is 2.50. The van der Waals surface area contributed by atoms with Crippen LogP contribution in [0.2, 0.25) is 0 Å². The van der Waals surface area contributed by atoms with E-state index in [1.807, 2.05) is 12.1 Å². The summed E-state index contributed by atoms with van der Waals surface area (Å²) in [4.78, 5) is 15.7. The van der Waals surface area contributed by atoms with Gasteiger partial charge in [0.25, 0.3) is 0 Å². The molecular weight excluding hydrogens is 280 g/mol. The highest BCUT2D eigenvalue weighted by Crippen LogP contribution is 2.25. The highest BCUT2D eigenvalue weighted by atomic mass is 16.3. The number of nitrogens with one attached hydrogen (secondary N) is 1. The molecule has 112 valence electrons. The molecule has 0 fully saturated rings. The van der Waals surface area contributed by atoms with Gasteiger partial charge in [-0.15, -0.1) is 0 Å². The fourth-order valence-electron chi connectivity index (χ4n) is 2.26. The van der Waals surface area contributed by atoms with E-state index in [-0.39, 0.29) is 5.75 Å². The molecule has 0 aliphatic rings. The quantitative estimate of drug-likeness (QED) is 0.708. The highest BCUT2D eigenvalue weighted by molar-refractivity contribution is 5.85. The van der Waals surface area contributed by atoms with Gasteiger partial charge in [0.1, 0.15) is 11.6 Å². The molecule has 0 saturated heterocycles. The van der Waals surface area contributed by atoms with Crippen molar-refractivity contribution in [3.05, 3.63) is 42.1 Å². The molecule has 0 spiro atoms. The Bertz CT molecular complexity index is 826. The number of carbonyl (C=O) groups is 1. The van der Waals surface area contributed by atoms with E-state index in [0.29, 0.717) is 16.9 Å². The fourth-order valence-corrected chi connectivity index (χ4v) is 2.26. The van der Waals surface area contributed by atoms with Gasteiger partial charge in [0.2, 0.25) is 0 Å². The second kappa shape index (κ2) is 5.85. The van der Waals surface area contributed by atoms with E-state index in [1.165, 1.54) is 6.20 Å². The third-order valence-corrected chi connectivity index (χ3v) is 3.32. The number of anilines is 1. The summed E-state index contributed by atoms with van der Waals surface area (Å²) in [6.45, 7) is 2.86. The van der Waals surface area contributed by atoms with Crippen molar-refractivity contribution in [2.45, 2.75) is 13.3 Å². The molecule has 6 heteroatoms. The smallest absolute Gasteiger partial charge is 0.168 e. The predicted octanol–water partition coefficient (Wildman–Crippen LogP) is 2.74. The minimum Gasteiger partial charge on any atom is -0.508 e. The number of phenolic OH excluding ortho intramolecular Hbond substituents is 1. The molecule has 0 saturated carbocycles. The van der Waals surface area contributed by atoms with Gasteiger partial charge in [0.15, 0.2) is 11.9 Å². The summed E-state index contributed by atoms with van der Waals surface area (Å²) < 4.78 is 1.62. The second-order valence-electron chi connectivity index (χ2n) is 4.96. The minimum absolute atomic E-state index is 0.173. The molecule has 0 aliphatic carbocycles. The second-order valence-corrected chi connectivity index (χ2v) is 4.96. The van der Waals surface area contributed by atoms with E-state index in [0.717, 1.165) is 30.6 Å². The minimum atomic E-state index is 0.173. The van der Waals surface area contributed by atoms with Crippen LogP contribution in [0.3, 0.4) is 0 Å². The number of nitrogens with zero attached hydrogens (tertiary/aromatic N) is 3. The summed E-state index contributed by atoms with van der Waals surface area (Å²) in [6, 6.07) is 8.72. The molecule has 0 amide bonds. The van der Waals surface area contributed by atoms with Crippen LogP contribution in [0.5, 0.6) is 5.75 Å². The standard InChI is InChI=1S/C16H16N4O2/c1-2-6-17-15-8-14(11-4-3-5-13(22)7-11)19-16-12(10-21)9-18-20(15)16/h3-5,7-10,17,22H,2,6H2,1H3. The highest BCUT2D eigenvalue weighted by Gasteiger charge is 2.12. The van der Waals surface area contributed by atoms with Crippen LogP contribution < -0.4 is 5.32 Å². The van der Waals surface area contributed by atoms with Crippen molar-refractivity contribution in [1.82, 2.24) is 14.6 Å². The van der Waals surface area contributed by atoms with Crippen molar-refractivity contribution < 1.29 is 9.90 Å². The summed E-state index contributed by atoms with van der Waals surface area (Å²) in [6.07, 6.45) is 3.21. The van der Waals surface area contributed by atoms with Crippen molar-refractivity contribution in [2.24, 2.45) is 0 Å². The van der Waals surface area contributed by atoms with Gasteiger partial charge in [-0.25, -0.2) is 4.98 Å². The number of fused-ring (bicyclic) bond motifs is 1. The SMILES string of the molecule is CCCNc1cc(-c2cccc(O)c2)nc2c(C=O)cnn12. The molecule has 0 atom stereocenters. The predicted molar refractivity (Wildman–Crippen MR) is 84.3 cm³/mol. The van der Waals surface area contributed by atoms with Gasteiger partial charge in [0.05, 0.1) is 17.5 Å². The topological polar surface area (TPSA) is 79.5 Å². The van der Waals surface area contributed by atoms with Gasteiger partial charge >= 0.3 is 0 Å². The van der Waals surface area contributed by atoms with E-state index in [4.69, 9.17) is 0 Å². The molecule has 0 bridgehead atoms. The molecule has 1 aromatic carbocycles. The first-order valence-corrected chi connectivity index (χ1v) is 7.10. The number of rotatable bonds is 5. The van der Waals surface area contributed by atoms with Gasteiger partial charge in [-0.2, -0.15) is 9.61 Å². The maximum Gasteiger partial charge on any atom is 0.168 e. The molecule has 2 heterocycles. The van der Waals surface area contributed by atoms with Crippen LogP contribution in [0.25, 0.3) is 16.9 Å². The number of aromatic nitrogens is 3. The molecule has 3 rings (SSSR count). The Labute approximate surface area is 127 Å². The van der Waals surface area contributed by atoms with Crippen molar-refractivity contribution in [3.8, 4) is 17.0 Å². The molecule has 22 heavy (non-hydrogen) atoms. The maximum atomic E-state index is 11.2. The number of carbonyl (C=O) groups excluding carboxylic acids is 1. The summed E-state index contributed by atoms with van der Waals surface area (Å²) in [5.41, 5.74) is 2.38. The number of aldehydes is 1. The molecule has 2 aromatic heterocycles. The van der Waals surface area contributed by atoms with Crippen LogP contribution >= 0.6 is 0 Å². The number of phenols is 1. The molecule has 0 radical (unpaired) electrons. The lowest BCUT2D eigenvalue weighted by Crippen LogP contribution is -2.07. The molecular formula is C16H16N4O2. The lowest BCUT2D eigenvalue weighted by atomic mass is 10.1. The van der Waals surface area contributed by atoms with Crippen LogP contribution in [0.15, 0.2) is 36.5 Å². The van der Waals surface area contributed by atoms with E-state index in [2.05, 4.69) is 22.3 Å². The summed E-state index contributed by atoms with van der Waals surface area (Å²) in [7, 11) is 0. The zero-order valence-corrected chi connectivity index (χ0v) is 12.2. The lowest BCUT2D eigenvalue weighted by Gasteiger charge is -2.10. The third-order valence-electron chi connectivity index (χ3n) is 3.32. The Hall–Kier alpha value is -2.89. The van der Waals surface area contributed by atoms with Gasteiger partial charge in [-0.05, 0) is 18.6 Å². The summed E-state index contributed by atoms with van der Waals surface area (Å²) in [5, 5.41) is 17.1. The van der Waals surface area contributed by atoms with Gasteiger partial charge in [-0.3, -0.25) is 4.79 Å². The molecule has 3 aromatic rings. The summed E-state index contributed by atoms with van der Waals surface area (Å²) >= 11 is 0. The average molecular weight is 296 g/mol. The van der Waals surface area contributed by atoms with Crippen LogP contribution in [0, 0.1) is 0 Å². The average Bonchev–Trinajstić information content (AvgIpc) is 2.95. The zero-order chi connectivity index (χ0) is 15.5. The fraction of sp³-hybridized carbons (Fsp3) is 0.188. The van der Waals surface area contributed by atoms with Crippen molar-refractivity contribution in [1.29, 1.82) is 0 Å². The molecule has 6 nitrogen and oxygen atoms in total. The van der Waals surface area contributed by atoms with E-state index in [1.54, 1.807) is 22.7 Å². The van der Waals surface area contributed by atoms with Gasteiger partial charge < -0.3 is 10.4 Å². The van der Waals surface area contributed by atoms with E-state index in [9.17, 15) is 9.90 Å². The van der Waals surface area contributed by atoms with Crippen molar-refractivity contribution >= 4 is 17.8 Å². The van der Waals surface area contributed by atoms with Gasteiger partial charge in [0, 0.05) is 18.2 Å². The lowest BCUT2D eigenvalue weighted by molar-refractivity contribution is 0.112. The zero-order valence-electron chi connectivity index (χ0n) is 12.2. The Morgan fingerprint density at radius 1 is 1.36 bits per heavy atom. The van der Waals surface area contributed by atoms with Crippen LogP contribution in [-0.2, 0) is 0 Å². The van der Waals surface area contributed by atoms with Crippen LogP contribution in [0.1, 0.15) is 23.7 Å². The Balaban J connectivity index is 2.19. The van der Waals surface area contributed by atoms with Gasteiger partial charge in [-0.1, -0.05) is 19.1 Å². The first-order valence-electron chi connectivity index (χ1n) is 7.10. The number of benzene rings is 1. The monoisotopic (exact) mass is 296 g/mol. The first-order chi connectivity index (χ1) is 10.7. The summed E-state index contributed by atoms with van der Waals surface area (Å²) in [5.74, 6) is 0.935. The number of aromatic hydroxyl groups is 1. The Morgan fingerprint density at radius 3 is 2.95 bits per heavy atom. The molecule has 0 unspecified atom stereocenters. The largest absolute Gasteiger partial charge is 0.508 e. The van der Waals surface area contributed by atoms with Crippen LogP contribution in [0.4, 0.5) is 5.82 Å².